The molecule has 142 valence electrons. The predicted octanol–water partition coefficient (Wildman–Crippen LogP) is 3.66. The van der Waals surface area contributed by atoms with E-state index in [0.29, 0.717) is 28.2 Å². The number of carbonyl (C=O) groups excluding carboxylic acids is 1. The van der Waals surface area contributed by atoms with Gasteiger partial charge in [-0.05, 0) is 61.7 Å². The first-order valence-corrected chi connectivity index (χ1v) is 9.64. The van der Waals surface area contributed by atoms with Crippen LogP contribution in [0.15, 0.2) is 12.1 Å². The summed E-state index contributed by atoms with van der Waals surface area (Å²) in [7, 11) is 4.71. The largest absolute Gasteiger partial charge is 0.496 e. The third-order valence-corrected chi connectivity index (χ3v) is 6.74. The molecule has 0 unspecified atom stereocenters. The number of benzene rings is 1. The van der Waals surface area contributed by atoms with Crippen LogP contribution in [0.4, 0.5) is 0 Å². The molecule has 0 heterocycles. The van der Waals surface area contributed by atoms with Gasteiger partial charge in [0.15, 0.2) is 11.5 Å². The number of carbonyl (C=O) groups is 1. The Balaban J connectivity index is 1.50. The Morgan fingerprint density at radius 2 is 1.42 bits per heavy atom. The molecular formula is C21H29NO4. The molecule has 1 aromatic rings. The first-order chi connectivity index (χ1) is 12.6. The first-order valence-electron chi connectivity index (χ1n) is 9.64. The third-order valence-electron chi connectivity index (χ3n) is 6.74. The zero-order chi connectivity index (χ0) is 18.3. The van der Waals surface area contributed by atoms with Gasteiger partial charge in [-0.1, -0.05) is 0 Å². The molecule has 26 heavy (non-hydrogen) atoms. The molecule has 4 aliphatic rings. The molecule has 5 heteroatoms. The van der Waals surface area contributed by atoms with Crippen LogP contribution in [-0.2, 0) is 0 Å². The van der Waals surface area contributed by atoms with Crippen molar-refractivity contribution < 1.29 is 19.0 Å². The Hall–Kier alpha value is -1.91. The number of nitrogens with one attached hydrogen (secondary N) is 1. The maximum absolute atomic E-state index is 12.9. The average molecular weight is 359 g/mol. The topological polar surface area (TPSA) is 56.8 Å². The lowest BCUT2D eigenvalue weighted by Gasteiger charge is -2.56. The lowest BCUT2D eigenvalue weighted by atomic mass is 9.49. The van der Waals surface area contributed by atoms with Gasteiger partial charge in [0.05, 0.1) is 26.9 Å². The zero-order valence-corrected chi connectivity index (χ0v) is 16.0. The molecule has 4 bridgehead atoms. The Morgan fingerprint density at radius 3 is 1.92 bits per heavy atom. The summed E-state index contributed by atoms with van der Waals surface area (Å²) in [5.74, 6) is 4.15. The van der Waals surface area contributed by atoms with Crippen LogP contribution in [0.1, 0.15) is 48.9 Å². The van der Waals surface area contributed by atoms with Gasteiger partial charge in [-0.2, -0.15) is 0 Å². The zero-order valence-electron chi connectivity index (χ0n) is 16.0. The summed E-state index contributed by atoms with van der Waals surface area (Å²) in [4.78, 5) is 12.9. The van der Waals surface area contributed by atoms with E-state index in [4.69, 9.17) is 14.2 Å². The maximum Gasteiger partial charge on any atom is 0.255 e. The molecule has 0 aliphatic heterocycles. The molecule has 1 aromatic carbocycles. The summed E-state index contributed by atoms with van der Waals surface area (Å²) in [6.07, 6.45) is 8.08. The highest BCUT2D eigenvalue weighted by Crippen LogP contribution is 2.59. The lowest BCUT2D eigenvalue weighted by Crippen LogP contribution is -2.51. The van der Waals surface area contributed by atoms with E-state index in [0.717, 1.165) is 24.3 Å². The van der Waals surface area contributed by atoms with Crippen molar-refractivity contribution in [3.8, 4) is 17.2 Å². The second-order valence-corrected chi connectivity index (χ2v) is 8.51. The van der Waals surface area contributed by atoms with Crippen molar-refractivity contribution in [3.05, 3.63) is 17.7 Å². The monoisotopic (exact) mass is 359 g/mol. The van der Waals surface area contributed by atoms with E-state index in [-0.39, 0.29) is 5.91 Å². The van der Waals surface area contributed by atoms with E-state index in [1.165, 1.54) is 38.5 Å². The fourth-order valence-electron chi connectivity index (χ4n) is 6.08. The van der Waals surface area contributed by atoms with E-state index in [1.54, 1.807) is 33.5 Å². The predicted molar refractivity (Wildman–Crippen MR) is 99.0 cm³/mol. The van der Waals surface area contributed by atoms with Crippen LogP contribution in [0, 0.1) is 23.2 Å². The number of rotatable bonds is 6. The number of methoxy groups -OCH3 is 3. The smallest absolute Gasteiger partial charge is 0.255 e. The van der Waals surface area contributed by atoms with E-state index in [1.807, 2.05) is 0 Å². The van der Waals surface area contributed by atoms with Crippen LogP contribution in [0.3, 0.4) is 0 Å². The van der Waals surface area contributed by atoms with Gasteiger partial charge in [0.2, 0.25) is 0 Å². The number of ether oxygens (including phenoxy) is 3. The Bertz CT molecular complexity index is 664. The average Bonchev–Trinajstić information content (AvgIpc) is 2.64. The molecule has 0 radical (unpaired) electrons. The van der Waals surface area contributed by atoms with Gasteiger partial charge in [0, 0.05) is 18.7 Å². The molecule has 4 aliphatic carbocycles. The Labute approximate surface area is 155 Å². The highest BCUT2D eigenvalue weighted by Gasteiger charge is 2.50. The molecule has 0 aromatic heterocycles. The van der Waals surface area contributed by atoms with E-state index in [2.05, 4.69) is 5.32 Å². The van der Waals surface area contributed by atoms with E-state index in [9.17, 15) is 4.79 Å². The number of hydrogen-bond donors (Lipinski definition) is 1. The second kappa shape index (κ2) is 6.67. The van der Waals surface area contributed by atoms with E-state index >= 15 is 0 Å². The van der Waals surface area contributed by atoms with Crippen LogP contribution in [0.5, 0.6) is 17.2 Å². The summed E-state index contributed by atoms with van der Waals surface area (Å²) in [5, 5.41) is 3.20. The quantitative estimate of drug-likeness (QED) is 0.842. The molecule has 5 nitrogen and oxygen atoms in total. The van der Waals surface area contributed by atoms with Crippen LogP contribution in [-0.4, -0.2) is 33.8 Å². The van der Waals surface area contributed by atoms with Crippen molar-refractivity contribution in [1.29, 1.82) is 0 Å². The summed E-state index contributed by atoms with van der Waals surface area (Å²) in [5.41, 5.74) is 0.809. The van der Waals surface area contributed by atoms with Crippen LogP contribution >= 0.6 is 0 Å². The minimum Gasteiger partial charge on any atom is -0.496 e. The van der Waals surface area contributed by atoms with Crippen molar-refractivity contribution in [2.24, 2.45) is 23.2 Å². The maximum atomic E-state index is 12.9. The Morgan fingerprint density at radius 1 is 0.923 bits per heavy atom. The van der Waals surface area contributed by atoms with Crippen molar-refractivity contribution in [1.82, 2.24) is 5.32 Å². The Kier molecular flexibility index (Phi) is 4.49. The second-order valence-electron chi connectivity index (χ2n) is 8.51. The van der Waals surface area contributed by atoms with Gasteiger partial charge < -0.3 is 19.5 Å². The molecule has 1 amide bonds. The van der Waals surface area contributed by atoms with Crippen LogP contribution in [0.25, 0.3) is 0 Å². The molecule has 0 spiro atoms. The van der Waals surface area contributed by atoms with Crippen molar-refractivity contribution in [2.75, 3.05) is 27.9 Å². The summed E-state index contributed by atoms with van der Waals surface area (Å²) < 4.78 is 16.1. The highest BCUT2D eigenvalue weighted by atomic mass is 16.5. The van der Waals surface area contributed by atoms with Gasteiger partial charge >= 0.3 is 0 Å². The molecule has 0 atom stereocenters. The van der Waals surface area contributed by atoms with Gasteiger partial charge in [0.1, 0.15) is 5.75 Å². The van der Waals surface area contributed by atoms with Gasteiger partial charge in [-0.25, -0.2) is 0 Å². The molecule has 1 N–H and O–H groups in total. The summed E-state index contributed by atoms with van der Waals surface area (Å²) >= 11 is 0. The van der Waals surface area contributed by atoms with Crippen molar-refractivity contribution in [3.63, 3.8) is 0 Å². The molecule has 0 saturated heterocycles. The molecule has 4 fully saturated rings. The molecule has 4 saturated carbocycles. The van der Waals surface area contributed by atoms with Gasteiger partial charge in [-0.3, -0.25) is 4.79 Å². The normalized spacial score (nSPS) is 31.6. The SMILES string of the molecule is COc1cc(OC)c(C(=O)NCC23CC4CC(CC(C4)C2)C3)cc1OC. The summed E-state index contributed by atoms with van der Waals surface area (Å²) in [6.45, 7) is 0.771. The third kappa shape index (κ3) is 3.01. The fourth-order valence-corrected chi connectivity index (χ4v) is 6.08. The molecule has 5 rings (SSSR count). The van der Waals surface area contributed by atoms with Gasteiger partial charge in [-0.15, -0.1) is 0 Å². The van der Waals surface area contributed by atoms with Crippen molar-refractivity contribution in [2.45, 2.75) is 38.5 Å². The number of amides is 1. The fraction of sp³-hybridized carbons (Fsp3) is 0.667. The first kappa shape index (κ1) is 17.5. The van der Waals surface area contributed by atoms with Crippen molar-refractivity contribution >= 4 is 5.91 Å². The van der Waals surface area contributed by atoms with Gasteiger partial charge in [0.25, 0.3) is 5.91 Å². The summed E-state index contributed by atoms with van der Waals surface area (Å²) in [6, 6.07) is 3.41. The minimum absolute atomic E-state index is 0.0986. The standard InChI is InChI=1S/C21H29NO4/c1-24-17-8-19(26-3)18(25-2)7-16(17)20(23)22-12-21-9-13-4-14(10-21)6-15(5-13)11-21/h7-8,13-15H,4-6,9-12H2,1-3H3,(H,22,23). The minimum atomic E-state index is -0.0986. The highest BCUT2D eigenvalue weighted by molar-refractivity contribution is 5.97. The van der Waals surface area contributed by atoms with E-state index < -0.39 is 0 Å². The van der Waals surface area contributed by atoms with Crippen LogP contribution < -0.4 is 19.5 Å². The van der Waals surface area contributed by atoms with Crippen LogP contribution in [0.2, 0.25) is 0 Å². The lowest BCUT2D eigenvalue weighted by molar-refractivity contribution is -0.0503. The number of hydrogen-bond acceptors (Lipinski definition) is 4. The molecular weight excluding hydrogens is 330 g/mol.